The molecule has 0 saturated carbocycles. The Bertz CT molecular complexity index is 467. The number of hydrogen-bond donors (Lipinski definition) is 2. The Morgan fingerprint density at radius 3 is 2.95 bits per heavy atom. The molecule has 1 aliphatic rings. The van der Waals surface area contributed by atoms with Crippen molar-refractivity contribution in [2.24, 2.45) is 5.73 Å². The molecule has 6 heteroatoms. The average molecular weight is 268 g/mol. The van der Waals surface area contributed by atoms with Crippen molar-refractivity contribution >= 4 is 11.6 Å². The minimum atomic E-state index is -0.521. The number of ether oxygens (including phenoxy) is 2. The van der Waals surface area contributed by atoms with Crippen LogP contribution >= 0.6 is 0 Å². The molecule has 0 aliphatic carbocycles. The molecule has 1 heterocycles. The van der Waals surface area contributed by atoms with Crippen LogP contribution in [0.4, 0.5) is 10.1 Å². The monoisotopic (exact) mass is 268 g/mol. The first-order valence-electron chi connectivity index (χ1n) is 6.14. The van der Waals surface area contributed by atoms with E-state index in [4.69, 9.17) is 15.2 Å². The van der Waals surface area contributed by atoms with Crippen molar-refractivity contribution in [3.63, 3.8) is 0 Å². The van der Waals surface area contributed by atoms with Crippen LogP contribution < -0.4 is 15.8 Å². The van der Waals surface area contributed by atoms with Crippen molar-refractivity contribution < 1.29 is 18.7 Å². The zero-order valence-corrected chi connectivity index (χ0v) is 10.7. The van der Waals surface area contributed by atoms with E-state index in [1.54, 1.807) is 6.07 Å². The summed E-state index contributed by atoms with van der Waals surface area (Å²) in [4.78, 5) is 11.9. The van der Waals surface area contributed by atoms with Crippen LogP contribution in [0.15, 0.2) is 18.2 Å². The second kappa shape index (κ2) is 5.99. The topological polar surface area (TPSA) is 73.6 Å². The Morgan fingerprint density at radius 1 is 1.58 bits per heavy atom. The van der Waals surface area contributed by atoms with Crippen LogP contribution in [0.2, 0.25) is 0 Å². The highest BCUT2D eigenvalue weighted by Gasteiger charge is 2.29. The van der Waals surface area contributed by atoms with Gasteiger partial charge in [-0.05, 0) is 25.0 Å². The van der Waals surface area contributed by atoms with Gasteiger partial charge < -0.3 is 20.5 Å². The van der Waals surface area contributed by atoms with Crippen LogP contribution in [-0.2, 0) is 9.53 Å². The first-order valence-corrected chi connectivity index (χ1v) is 6.14. The van der Waals surface area contributed by atoms with Gasteiger partial charge >= 0.3 is 0 Å². The maximum atomic E-state index is 13.5. The number of carbonyl (C=O) groups is 1. The zero-order valence-electron chi connectivity index (χ0n) is 10.7. The van der Waals surface area contributed by atoms with E-state index in [0.29, 0.717) is 18.7 Å². The molecule has 19 heavy (non-hydrogen) atoms. The molecule has 104 valence electrons. The molecule has 1 saturated heterocycles. The predicted octanol–water partition coefficient (Wildman–Crippen LogP) is 1.28. The van der Waals surface area contributed by atoms with Gasteiger partial charge in [-0.1, -0.05) is 0 Å². The fourth-order valence-electron chi connectivity index (χ4n) is 2.04. The first kappa shape index (κ1) is 13.8. The van der Waals surface area contributed by atoms with Gasteiger partial charge in [0, 0.05) is 18.3 Å². The fourth-order valence-corrected chi connectivity index (χ4v) is 2.04. The lowest BCUT2D eigenvalue weighted by Gasteiger charge is -2.13. The summed E-state index contributed by atoms with van der Waals surface area (Å²) >= 11 is 0. The van der Waals surface area contributed by atoms with Crippen LogP contribution in [0.1, 0.15) is 12.8 Å². The maximum absolute atomic E-state index is 13.5. The lowest BCUT2D eigenvalue weighted by molar-refractivity contribution is -0.126. The number of methoxy groups -OCH3 is 1. The quantitative estimate of drug-likeness (QED) is 0.862. The van der Waals surface area contributed by atoms with E-state index in [-0.39, 0.29) is 17.8 Å². The molecule has 1 fully saturated rings. The molecule has 0 unspecified atom stereocenters. The maximum Gasteiger partial charge on any atom is 0.253 e. The van der Waals surface area contributed by atoms with Crippen LogP contribution in [0.3, 0.4) is 0 Å². The molecule has 5 nitrogen and oxygen atoms in total. The minimum absolute atomic E-state index is 0.0663. The molecule has 1 aromatic carbocycles. The van der Waals surface area contributed by atoms with Gasteiger partial charge in [0.05, 0.1) is 13.2 Å². The number of nitrogens with two attached hydrogens (primary N) is 1. The van der Waals surface area contributed by atoms with Gasteiger partial charge in [0.25, 0.3) is 5.91 Å². The summed E-state index contributed by atoms with van der Waals surface area (Å²) in [7, 11) is 1.38. The van der Waals surface area contributed by atoms with E-state index in [1.165, 1.54) is 19.2 Å². The number of halogens is 1. The molecule has 2 atom stereocenters. The van der Waals surface area contributed by atoms with E-state index in [9.17, 15) is 9.18 Å². The van der Waals surface area contributed by atoms with Gasteiger partial charge in [-0.2, -0.15) is 0 Å². The van der Waals surface area contributed by atoms with Crippen molar-refractivity contribution in [1.29, 1.82) is 0 Å². The molecule has 0 spiro atoms. The summed E-state index contributed by atoms with van der Waals surface area (Å²) in [6.07, 6.45) is 0.819. The van der Waals surface area contributed by atoms with Crippen LogP contribution in [0, 0.1) is 5.82 Å². The summed E-state index contributed by atoms with van der Waals surface area (Å²) in [6, 6.07) is 4.25. The molecule has 0 radical (unpaired) electrons. The largest absolute Gasteiger partial charge is 0.494 e. The third-order valence-electron chi connectivity index (χ3n) is 3.08. The number of nitrogens with one attached hydrogen (secondary N) is 1. The SMILES string of the molecule is COc1ccc(NC(=O)[C@@H]2CC[C@H](CN)O2)cc1F. The summed E-state index contributed by atoms with van der Waals surface area (Å²) in [5, 5.41) is 2.62. The van der Waals surface area contributed by atoms with Gasteiger partial charge in [0.15, 0.2) is 11.6 Å². The first-order chi connectivity index (χ1) is 9.13. The van der Waals surface area contributed by atoms with Crippen molar-refractivity contribution in [2.75, 3.05) is 19.0 Å². The molecule has 1 amide bonds. The summed E-state index contributed by atoms with van der Waals surface area (Å²) in [5.74, 6) is -0.661. The molecule has 3 N–H and O–H groups in total. The normalized spacial score (nSPS) is 22.3. The van der Waals surface area contributed by atoms with Crippen molar-refractivity contribution in [3.05, 3.63) is 24.0 Å². The third kappa shape index (κ3) is 3.21. The van der Waals surface area contributed by atoms with Crippen LogP contribution in [0.25, 0.3) is 0 Å². The highest BCUT2D eigenvalue weighted by Crippen LogP contribution is 2.23. The molecule has 1 aromatic rings. The molecule has 0 aromatic heterocycles. The standard InChI is InChI=1S/C13H17FN2O3/c1-18-11-4-2-8(6-10(11)14)16-13(17)12-5-3-9(7-15)19-12/h2,4,6,9,12H,3,5,7,15H2,1H3,(H,16,17)/t9-,12+/m1/s1. The number of rotatable bonds is 4. The van der Waals surface area contributed by atoms with E-state index < -0.39 is 11.9 Å². The van der Waals surface area contributed by atoms with Crippen molar-refractivity contribution in [2.45, 2.75) is 25.0 Å². The second-order valence-corrected chi connectivity index (χ2v) is 4.40. The van der Waals surface area contributed by atoms with Gasteiger partial charge in [0.2, 0.25) is 0 Å². The van der Waals surface area contributed by atoms with Gasteiger partial charge in [-0.3, -0.25) is 4.79 Å². The molecule has 2 rings (SSSR count). The van der Waals surface area contributed by atoms with Gasteiger partial charge in [0.1, 0.15) is 6.10 Å². The molecular weight excluding hydrogens is 251 g/mol. The lowest BCUT2D eigenvalue weighted by atomic mass is 10.2. The number of carbonyl (C=O) groups excluding carboxylic acids is 1. The third-order valence-corrected chi connectivity index (χ3v) is 3.08. The lowest BCUT2D eigenvalue weighted by Crippen LogP contribution is -2.29. The summed E-state index contributed by atoms with van der Waals surface area (Å²) < 4.78 is 23.7. The van der Waals surface area contributed by atoms with E-state index in [1.807, 2.05) is 0 Å². The van der Waals surface area contributed by atoms with Crippen LogP contribution in [0.5, 0.6) is 5.75 Å². The molecule has 1 aliphatic heterocycles. The molecule has 0 bridgehead atoms. The predicted molar refractivity (Wildman–Crippen MR) is 68.5 cm³/mol. The van der Waals surface area contributed by atoms with Crippen molar-refractivity contribution in [3.8, 4) is 5.75 Å². The van der Waals surface area contributed by atoms with E-state index in [2.05, 4.69) is 5.32 Å². The van der Waals surface area contributed by atoms with Crippen LogP contribution in [-0.4, -0.2) is 31.8 Å². The Hall–Kier alpha value is -1.66. The average Bonchev–Trinajstić information content (AvgIpc) is 2.88. The second-order valence-electron chi connectivity index (χ2n) is 4.40. The van der Waals surface area contributed by atoms with Gasteiger partial charge in [-0.25, -0.2) is 4.39 Å². The Morgan fingerprint density at radius 2 is 2.37 bits per heavy atom. The number of amides is 1. The van der Waals surface area contributed by atoms with E-state index >= 15 is 0 Å². The highest BCUT2D eigenvalue weighted by molar-refractivity contribution is 5.94. The number of benzene rings is 1. The minimum Gasteiger partial charge on any atom is -0.494 e. The Kier molecular flexibility index (Phi) is 4.34. The van der Waals surface area contributed by atoms with Gasteiger partial charge in [-0.15, -0.1) is 0 Å². The van der Waals surface area contributed by atoms with Crippen molar-refractivity contribution in [1.82, 2.24) is 0 Å². The number of hydrogen-bond acceptors (Lipinski definition) is 4. The van der Waals surface area contributed by atoms with E-state index in [0.717, 1.165) is 6.42 Å². The Balaban J connectivity index is 1.97. The highest BCUT2D eigenvalue weighted by atomic mass is 19.1. The smallest absolute Gasteiger partial charge is 0.253 e. The fraction of sp³-hybridized carbons (Fsp3) is 0.462. The summed E-state index contributed by atoms with van der Waals surface area (Å²) in [5.41, 5.74) is 5.86. The molecular formula is C13H17FN2O3. The summed E-state index contributed by atoms with van der Waals surface area (Å²) in [6.45, 7) is 0.404. The Labute approximate surface area is 110 Å². The number of anilines is 1. The zero-order chi connectivity index (χ0) is 13.8.